The maximum Gasteiger partial charge on any atom is 0.250 e. The first kappa shape index (κ1) is 14.5. The minimum absolute atomic E-state index is 0.0456. The van der Waals surface area contributed by atoms with Crippen LogP contribution in [0.15, 0.2) is 14.1 Å². The maximum absolute atomic E-state index is 12.1. The number of halogens is 1. The van der Waals surface area contributed by atoms with Gasteiger partial charge in [-0.3, -0.25) is 0 Å². The van der Waals surface area contributed by atoms with E-state index in [9.17, 15) is 13.5 Å². The Morgan fingerprint density at radius 1 is 1.56 bits per heavy atom. The van der Waals surface area contributed by atoms with Crippen LogP contribution in [0.4, 0.5) is 0 Å². The summed E-state index contributed by atoms with van der Waals surface area (Å²) in [6.45, 7) is 2.18. The molecule has 2 N–H and O–H groups in total. The van der Waals surface area contributed by atoms with E-state index >= 15 is 0 Å². The van der Waals surface area contributed by atoms with E-state index in [1.54, 1.807) is 6.07 Å². The molecular weight excluding hydrogens is 338 g/mol. The molecule has 1 aromatic rings. The molecule has 7 heteroatoms. The van der Waals surface area contributed by atoms with E-state index in [1.807, 2.05) is 6.92 Å². The summed E-state index contributed by atoms with van der Waals surface area (Å²) in [5.41, 5.74) is 0.918. The smallest absolute Gasteiger partial charge is 0.250 e. The van der Waals surface area contributed by atoms with Crippen LogP contribution in [0.2, 0.25) is 0 Å². The fourth-order valence-corrected chi connectivity index (χ4v) is 5.47. The van der Waals surface area contributed by atoms with Crippen molar-refractivity contribution in [3.05, 3.63) is 15.4 Å². The SMILES string of the molecule is Cc1cc(S(=O)(=O)NCC2CCCC2O)sc1Br. The van der Waals surface area contributed by atoms with Crippen LogP contribution in [0.5, 0.6) is 0 Å². The van der Waals surface area contributed by atoms with Crippen molar-refractivity contribution >= 4 is 37.3 Å². The van der Waals surface area contributed by atoms with Gasteiger partial charge in [0.05, 0.1) is 9.89 Å². The summed E-state index contributed by atoms with van der Waals surface area (Å²) in [5.74, 6) is 0.0456. The molecule has 0 aromatic carbocycles. The van der Waals surface area contributed by atoms with Gasteiger partial charge in [-0.1, -0.05) is 6.42 Å². The maximum atomic E-state index is 12.1. The standard InChI is InChI=1S/C11H16BrNO3S2/c1-7-5-10(17-11(7)12)18(15,16)13-6-8-3-2-4-9(8)14/h5,8-9,13-14H,2-4,6H2,1H3. The van der Waals surface area contributed by atoms with Gasteiger partial charge in [-0.2, -0.15) is 0 Å². The van der Waals surface area contributed by atoms with Crippen molar-refractivity contribution in [2.75, 3.05) is 6.54 Å². The van der Waals surface area contributed by atoms with Crippen molar-refractivity contribution in [3.8, 4) is 0 Å². The number of rotatable bonds is 4. The van der Waals surface area contributed by atoms with E-state index in [4.69, 9.17) is 0 Å². The normalized spacial score (nSPS) is 24.6. The molecule has 1 fully saturated rings. The second-order valence-electron chi connectivity index (χ2n) is 4.63. The molecule has 0 bridgehead atoms. The van der Waals surface area contributed by atoms with Crippen LogP contribution in [-0.4, -0.2) is 26.2 Å². The van der Waals surface area contributed by atoms with Crippen LogP contribution in [-0.2, 0) is 10.0 Å². The predicted molar refractivity (Wildman–Crippen MR) is 75.3 cm³/mol. The van der Waals surface area contributed by atoms with Crippen LogP contribution >= 0.6 is 27.3 Å². The summed E-state index contributed by atoms with van der Waals surface area (Å²) in [4.78, 5) is 0. The highest BCUT2D eigenvalue weighted by Crippen LogP contribution is 2.31. The Morgan fingerprint density at radius 3 is 2.78 bits per heavy atom. The molecule has 1 aliphatic carbocycles. The lowest BCUT2D eigenvalue weighted by molar-refractivity contribution is 0.134. The first-order valence-corrected chi connectivity index (χ1v) is 8.93. The van der Waals surface area contributed by atoms with E-state index in [0.29, 0.717) is 10.8 Å². The molecular formula is C11H16BrNO3S2. The zero-order chi connectivity index (χ0) is 13.3. The number of hydrogen-bond acceptors (Lipinski definition) is 4. The molecule has 102 valence electrons. The average molecular weight is 354 g/mol. The van der Waals surface area contributed by atoms with Gasteiger partial charge in [0, 0.05) is 6.54 Å². The molecule has 1 saturated carbocycles. The van der Waals surface area contributed by atoms with Gasteiger partial charge in [0.2, 0.25) is 10.0 Å². The zero-order valence-electron chi connectivity index (χ0n) is 10.0. The molecule has 1 aromatic heterocycles. The summed E-state index contributed by atoms with van der Waals surface area (Å²) < 4.78 is 27.9. The summed E-state index contributed by atoms with van der Waals surface area (Å²) in [5, 5.41) is 9.66. The first-order chi connectivity index (χ1) is 8.40. The summed E-state index contributed by atoms with van der Waals surface area (Å²) in [6.07, 6.45) is 2.26. The van der Waals surface area contributed by atoms with E-state index in [1.165, 1.54) is 11.3 Å². The highest BCUT2D eigenvalue weighted by molar-refractivity contribution is 9.11. The third-order valence-electron chi connectivity index (χ3n) is 3.25. The fraction of sp³-hybridized carbons (Fsp3) is 0.636. The highest BCUT2D eigenvalue weighted by atomic mass is 79.9. The number of aliphatic hydroxyl groups excluding tert-OH is 1. The Labute approximate surface area is 120 Å². The van der Waals surface area contributed by atoms with E-state index in [0.717, 1.165) is 28.6 Å². The van der Waals surface area contributed by atoms with Gasteiger partial charge in [-0.05, 0) is 53.2 Å². The third kappa shape index (κ3) is 3.14. The molecule has 1 aliphatic rings. The summed E-state index contributed by atoms with van der Waals surface area (Å²) in [7, 11) is -3.45. The Kier molecular flexibility index (Phi) is 4.48. The Bertz CT molecular complexity index is 507. The lowest BCUT2D eigenvalue weighted by Crippen LogP contribution is -2.32. The number of sulfonamides is 1. The number of nitrogens with one attached hydrogen (secondary N) is 1. The van der Waals surface area contributed by atoms with Crippen LogP contribution in [0.25, 0.3) is 0 Å². The molecule has 18 heavy (non-hydrogen) atoms. The quantitative estimate of drug-likeness (QED) is 0.872. The minimum Gasteiger partial charge on any atom is -0.393 e. The molecule has 0 radical (unpaired) electrons. The van der Waals surface area contributed by atoms with Crippen LogP contribution in [0.1, 0.15) is 24.8 Å². The summed E-state index contributed by atoms with van der Waals surface area (Å²) in [6, 6.07) is 1.65. The molecule has 1 heterocycles. The van der Waals surface area contributed by atoms with E-state index in [2.05, 4.69) is 20.7 Å². The van der Waals surface area contributed by atoms with E-state index < -0.39 is 10.0 Å². The number of hydrogen-bond donors (Lipinski definition) is 2. The number of thiophene rings is 1. The van der Waals surface area contributed by atoms with Gasteiger partial charge in [0.15, 0.2) is 0 Å². The number of aryl methyl sites for hydroxylation is 1. The van der Waals surface area contributed by atoms with Crippen molar-refractivity contribution in [1.29, 1.82) is 0 Å². The molecule has 2 unspecified atom stereocenters. The summed E-state index contributed by atoms with van der Waals surface area (Å²) >= 11 is 4.53. The molecule has 2 atom stereocenters. The van der Waals surface area contributed by atoms with Crippen LogP contribution in [0, 0.1) is 12.8 Å². The zero-order valence-corrected chi connectivity index (χ0v) is 13.2. The predicted octanol–water partition coefficient (Wildman–Crippen LogP) is 2.26. The van der Waals surface area contributed by atoms with Gasteiger partial charge >= 0.3 is 0 Å². The highest BCUT2D eigenvalue weighted by Gasteiger charge is 2.27. The minimum atomic E-state index is -3.45. The second kappa shape index (κ2) is 5.58. The molecule has 0 spiro atoms. The lowest BCUT2D eigenvalue weighted by Gasteiger charge is -2.14. The van der Waals surface area contributed by atoms with Crippen molar-refractivity contribution in [3.63, 3.8) is 0 Å². The van der Waals surface area contributed by atoms with Crippen molar-refractivity contribution in [2.45, 2.75) is 36.5 Å². The van der Waals surface area contributed by atoms with Crippen molar-refractivity contribution in [1.82, 2.24) is 4.72 Å². The molecule has 0 amide bonds. The molecule has 4 nitrogen and oxygen atoms in total. The third-order valence-corrected chi connectivity index (χ3v) is 7.29. The monoisotopic (exact) mass is 353 g/mol. The molecule has 2 rings (SSSR count). The number of aliphatic hydroxyl groups is 1. The molecule has 0 aliphatic heterocycles. The Morgan fingerprint density at radius 2 is 2.28 bits per heavy atom. The van der Waals surface area contributed by atoms with Crippen LogP contribution in [0.3, 0.4) is 0 Å². The fourth-order valence-electron chi connectivity index (χ4n) is 2.11. The van der Waals surface area contributed by atoms with Crippen molar-refractivity contribution in [2.24, 2.45) is 5.92 Å². The van der Waals surface area contributed by atoms with Gasteiger partial charge in [-0.15, -0.1) is 11.3 Å². The van der Waals surface area contributed by atoms with E-state index in [-0.39, 0.29) is 12.0 Å². The lowest BCUT2D eigenvalue weighted by atomic mass is 10.1. The van der Waals surface area contributed by atoms with Gasteiger partial charge < -0.3 is 5.11 Å². The first-order valence-electron chi connectivity index (χ1n) is 5.84. The van der Waals surface area contributed by atoms with Crippen LogP contribution < -0.4 is 4.72 Å². The van der Waals surface area contributed by atoms with Crippen molar-refractivity contribution < 1.29 is 13.5 Å². The van der Waals surface area contributed by atoms with Gasteiger partial charge in [-0.25, -0.2) is 13.1 Å². The van der Waals surface area contributed by atoms with Gasteiger partial charge in [0.1, 0.15) is 4.21 Å². The topological polar surface area (TPSA) is 66.4 Å². The van der Waals surface area contributed by atoms with Gasteiger partial charge in [0.25, 0.3) is 0 Å². The average Bonchev–Trinajstić information content (AvgIpc) is 2.84. The largest absolute Gasteiger partial charge is 0.393 e. The Hall–Kier alpha value is 0.0500. The molecule has 0 saturated heterocycles. The second-order valence-corrected chi connectivity index (χ2v) is 9.00. The Balaban J connectivity index is 2.03.